The van der Waals surface area contributed by atoms with Crippen molar-refractivity contribution in [2.75, 3.05) is 11.1 Å². The number of anilines is 1. The molecule has 0 bridgehead atoms. The molecule has 1 aromatic carbocycles. The van der Waals surface area contributed by atoms with Crippen LogP contribution < -0.4 is 5.32 Å². The molecule has 1 amide bonds. The first-order valence-corrected chi connectivity index (χ1v) is 9.26. The van der Waals surface area contributed by atoms with Crippen molar-refractivity contribution in [2.45, 2.75) is 5.75 Å². The summed E-state index contributed by atoms with van der Waals surface area (Å²) in [5.41, 5.74) is 1.05. The fraction of sp³-hybridized carbons (Fsp3) is 0.118. The number of amides is 1. The smallest absolute Gasteiger partial charge is 0.234 e. The highest BCUT2D eigenvalue weighted by molar-refractivity contribution is 7.99. The number of thiophene rings is 1. The third-order valence-electron chi connectivity index (χ3n) is 3.18. The summed E-state index contributed by atoms with van der Waals surface area (Å²) in [6.07, 6.45) is 0. The number of benzene rings is 1. The fourth-order valence-corrected chi connectivity index (χ4v) is 3.43. The van der Waals surface area contributed by atoms with E-state index in [1.165, 1.54) is 23.9 Å². The van der Waals surface area contributed by atoms with Crippen molar-refractivity contribution in [3.05, 3.63) is 58.9 Å². The topological polar surface area (TPSA) is 78.9 Å². The van der Waals surface area contributed by atoms with Crippen LogP contribution in [-0.2, 0) is 10.5 Å². The van der Waals surface area contributed by atoms with E-state index >= 15 is 0 Å². The van der Waals surface area contributed by atoms with Gasteiger partial charge in [-0.2, -0.15) is 5.26 Å². The number of carbonyl (C=O) groups excluding carboxylic acids is 1. The molecule has 25 heavy (non-hydrogen) atoms. The molecule has 8 heteroatoms. The average molecular weight is 373 g/mol. The van der Waals surface area contributed by atoms with Crippen LogP contribution in [0, 0.1) is 17.1 Å². The molecule has 0 unspecified atom stereocenters. The van der Waals surface area contributed by atoms with Gasteiger partial charge in [0, 0.05) is 17.5 Å². The van der Waals surface area contributed by atoms with Gasteiger partial charge in [-0.15, -0.1) is 23.1 Å². The summed E-state index contributed by atoms with van der Waals surface area (Å²) in [6, 6.07) is 11.4. The summed E-state index contributed by atoms with van der Waals surface area (Å²) in [5, 5.41) is 17.4. The lowest BCUT2D eigenvalue weighted by Gasteiger charge is -2.05. The van der Waals surface area contributed by atoms with Crippen molar-refractivity contribution >= 4 is 34.7 Å². The molecule has 0 aliphatic rings. The number of hydrogen-bond acceptors (Lipinski definition) is 6. The van der Waals surface area contributed by atoms with E-state index in [-0.39, 0.29) is 17.2 Å². The van der Waals surface area contributed by atoms with Crippen molar-refractivity contribution in [1.29, 1.82) is 5.26 Å². The highest BCUT2D eigenvalue weighted by Gasteiger charge is 2.10. The maximum Gasteiger partial charge on any atom is 0.234 e. The molecule has 3 aromatic rings. The second-order valence-electron chi connectivity index (χ2n) is 5.01. The van der Waals surface area contributed by atoms with Gasteiger partial charge < -0.3 is 9.84 Å². The van der Waals surface area contributed by atoms with Gasteiger partial charge in [-0.1, -0.05) is 11.2 Å². The van der Waals surface area contributed by atoms with E-state index in [1.807, 2.05) is 23.6 Å². The van der Waals surface area contributed by atoms with Gasteiger partial charge in [0.25, 0.3) is 0 Å². The Kier molecular flexibility index (Phi) is 5.48. The van der Waals surface area contributed by atoms with Gasteiger partial charge in [0.1, 0.15) is 11.9 Å². The second-order valence-corrected chi connectivity index (χ2v) is 6.94. The van der Waals surface area contributed by atoms with E-state index < -0.39 is 5.82 Å². The summed E-state index contributed by atoms with van der Waals surface area (Å²) in [7, 11) is 0. The third kappa shape index (κ3) is 4.47. The van der Waals surface area contributed by atoms with E-state index in [2.05, 4.69) is 10.5 Å². The van der Waals surface area contributed by atoms with Crippen LogP contribution in [0.2, 0.25) is 0 Å². The predicted molar refractivity (Wildman–Crippen MR) is 95.7 cm³/mol. The minimum atomic E-state index is -0.609. The molecule has 0 aliphatic heterocycles. The lowest BCUT2D eigenvalue weighted by atomic mass is 10.2. The summed E-state index contributed by atoms with van der Waals surface area (Å²) in [5.74, 6) is 0.616. The number of nitriles is 1. The molecule has 1 N–H and O–H groups in total. The standard InChI is InChI=1S/C17H12FN3O2S2/c18-14-4-3-12(6-11(14)8-19)20-17(22)10-24-9-13-7-15(23-21-13)16-2-1-5-25-16/h1-7H,9-10H2,(H,20,22). The van der Waals surface area contributed by atoms with E-state index in [4.69, 9.17) is 9.78 Å². The zero-order chi connectivity index (χ0) is 17.6. The molecule has 0 saturated heterocycles. The number of nitrogens with zero attached hydrogens (tertiary/aromatic N) is 2. The summed E-state index contributed by atoms with van der Waals surface area (Å²) in [6.45, 7) is 0. The molecule has 126 valence electrons. The molecule has 0 radical (unpaired) electrons. The Morgan fingerprint density at radius 1 is 1.40 bits per heavy atom. The molecular formula is C17H12FN3O2S2. The third-order valence-corrected chi connectivity index (χ3v) is 5.03. The minimum absolute atomic E-state index is 0.103. The number of hydrogen-bond donors (Lipinski definition) is 1. The van der Waals surface area contributed by atoms with Crippen molar-refractivity contribution in [3.63, 3.8) is 0 Å². The number of rotatable bonds is 6. The highest BCUT2D eigenvalue weighted by Crippen LogP contribution is 2.26. The maximum absolute atomic E-state index is 13.2. The summed E-state index contributed by atoms with van der Waals surface area (Å²) >= 11 is 2.96. The lowest BCUT2D eigenvalue weighted by Crippen LogP contribution is -2.14. The van der Waals surface area contributed by atoms with Crippen molar-refractivity contribution in [1.82, 2.24) is 5.16 Å². The molecule has 5 nitrogen and oxygen atoms in total. The fourth-order valence-electron chi connectivity index (χ4n) is 2.05. The van der Waals surface area contributed by atoms with Gasteiger partial charge in [-0.05, 0) is 29.6 Å². The number of halogens is 1. The Bertz CT molecular complexity index is 916. The predicted octanol–water partition coefficient (Wildman–Crippen LogP) is 4.29. The Morgan fingerprint density at radius 2 is 2.28 bits per heavy atom. The first-order valence-electron chi connectivity index (χ1n) is 7.22. The minimum Gasteiger partial charge on any atom is -0.355 e. The number of carbonyl (C=O) groups is 1. The molecule has 2 heterocycles. The lowest BCUT2D eigenvalue weighted by molar-refractivity contribution is -0.113. The zero-order valence-electron chi connectivity index (χ0n) is 12.9. The molecule has 0 spiro atoms. The molecule has 2 aromatic heterocycles. The quantitative estimate of drug-likeness (QED) is 0.697. The van der Waals surface area contributed by atoms with Crippen LogP contribution in [0.4, 0.5) is 10.1 Å². The first kappa shape index (κ1) is 17.2. The van der Waals surface area contributed by atoms with Crippen LogP contribution >= 0.6 is 23.1 Å². The molecule has 0 atom stereocenters. The Balaban J connectivity index is 1.49. The van der Waals surface area contributed by atoms with E-state index in [1.54, 1.807) is 17.4 Å². The van der Waals surface area contributed by atoms with E-state index in [0.29, 0.717) is 17.2 Å². The van der Waals surface area contributed by atoms with E-state index in [0.717, 1.165) is 16.6 Å². The second kappa shape index (κ2) is 7.96. The highest BCUT2D eigenvalue weighted by atomic mass is 32.2. The Morgan fingerprint density at radius 3 is 3.04 bits per heavy atom. The van der Waals surface area contributed by atoms with Crippen LogP contribution in [0.25, 0.3) is 10.6 Å². The largest absolute Gasteiger partial charge is 0.355 e. The van der Waals surface area contributed by atoms with E-state index in [9.17, 15) is 9.18 Å². The molecule has 3 rings (SSSR count). The van der Waals surface area contributed by atoms with Gasteiger partial charge in [0.2, 0.25) is 5.91 Å². The van der Waals surface area contributed by atoms with Crippen molar-refractivity contribution in [2.24, 2.45) is 0 Å². The number of aromatic nitrogens is 1. The number of nitrogens with one attached hydrogen (secondary N) is 1. The molecular weight excluding hydrogens is 361 g/mol. The van der Waals surface area contributed by atoms with Crippen LogP contribution in [0.5, 0.6) is 0 Å². The molecule has 0 saturated carbocycles. The SMILES string of the molecule is N#Cc1cc(NC(=O)CSCc2cc(-c3cccs3)on2)ccc1F. The van der Waals surface area contributed by atoms with Crippen molar-refractivity contribution < 1.29 is 13.7 Å². The monoisotopic (exact) mass is 373 g/mol. The summed E-state index contributed by atoms with van der Waals surface area (Å²) < 4.78 is 18.5. The van der Waals surface area contributed by atoms with Gasteiger partial charge in [0.05, 0.1) is 21.9 Å². The van der Waals surface area contributed by atoms with Gasteiger partial charge in [-0.25, -0.2) is 4.39 Å². The summed E-state index contributed by atoms with van der Waals surface area (Å²) in [4.78, 5) is 12.9. The van der Waals surface area contributed by atoms with Gasteiger partial charge >= 0.3 is 0 Å². The van der Waals surface area contributed by atoms with Crippen LogP contribution in [0.1, 0.15) is 11.3 Å². The van der Waals surface area contributed by atoms with Crippen LogP contribution in [0.3, 0.4) is 0 Å². The first-order chi connectivity index (χ1) is 12.2. The van der Waals surface area contributed by atoms with Gasteiger partial charge in [-0.3, -0.25) is 4.79 Å². The van der Waals surface area contributed by atoms with Crippen LogP contribution in [0.15, 0.2) is 46.3 Å². The number of thioether (sulfide) groups is 1. The molecule has 0 aliphatic carbocycles. The molecule has 0 fully saturated rings. The van der Waals surface area contributed by atoms with Gasteiger partial charge in [0.15, 0.2) is 5.76 Å². The van der Waals surface area contributed by atoms with Crippen LogP contribution in [-0.4, -0.2) is 16.8 Å². The maximum atomic E-state index is 13.2. The average Bonchev–Trinajstić information content (AvgIpc) is 3.27. The Labute approximate surface area is 151 Å². The normalized spacial score (nSPS) is 10.4. The Hall–Kier alpha value is -2.63. The van der Waals surface area contributed by atoms with Crippen molar-refractivity contribution in [3.8, 4) is 16.7 Å². The zero-order valence-corrected chi connectivity index (χ0v) is 14.5.